The molecule has 232 valence electrons. The van der Waals surface area contributed by atoms with E-state index in [9.17, 15) is 24.0 Å². The fraction of sp³-hybridized carbons (Fsp3) is 0.438. The van der Waals surface area contributed by atoms with Gasteiger partial charge in [-0.2, -0.15) is 4.90 Å². The predicted molar refractivity (Wildman–Crippen MR) is 173 cm³/mol. The van der Waals surface area contributed by atoms with Gasteiger partial charge in [-0.15, -0.1) is 0 Å². The summed E-state index contributed by atoms with van der Waals surface area (Å²) >= 11 is 6.75. The fourth-order valence-corrected chi connectivity index (χ4v) is 4.86. The van der Waals surface area contributed by atoms with Crippen molar-refractivity contribution in [2.75, 3.05) is 0 Å². The van der Waals surface area contributed by atoms with Crippen molar-refractivity contribution < 1.29 is 28.7 Å². The summed E-state index contributed by atoms with van der Waals surface area (Å²) in [6.45, 7) is 9.03. The standard InChI is InChI=1S/C14H16BrNO2.C10H15NO4.C8H8BrN/c1-9(8-10-2-4-11(15)5-3-10)12-6-7-13(17)16-14(12)18;1-10(2,3)15-9(14)11-7(12)5-4-6-8(11)13;1-2-10-8-5-3-7(9)4-6-8/h2-5,9,12H,6-8H2,1H3,(H,16,17,18);4-6H2,1-3H3;2-6H,1H3. The first kappa shape index (κ1) is 36.0. The van der Waals surface area contributed by atoms with E-state index in [2.05, 4.69) is 61.2 Å². The van der Waals surface area contributed by atoms with E-state index >= 15 is 0 Å². The number of piperidine rings is 2. The molecule has 0 radical (unpaired) electrons. The van der Waals surface area contributed by atoms with E-state index in [1.165, 1.54) is 5.56 Å². The predicted octanol–water partition coefficient (Wildman–Crippen LogP) is 7.31. The first-order valence-electron chi connectivity index (χ1n) is 14.1. The van der Waals surface area contributed by atoms with E-state index in [1.807, 2.05) is 43.3 Å². The molecule has 0 saturated carbocycles. The Bertz CT molecular complexity index is 1290. The van der Waals surface area contributed by atoms with Crippen molar-refractivity contribution in [3.63, 3.8) is 0 Å². The monoisotopic (exact) mass is 719 g/mol. The highest BCUT2D eigenvalue weighted by molar-refractivity contribution is 9.10. The quantitative estimate of drug-likeness (QED) is 0.261. The average molecular weight is 721 g/mol. The molecule has 5 amide bonds. The van der Waals surface area contributed by atoms with Gasteiger partial charge in [0, 0.05) is 40.3 Å². The number of imide groups is 4. The maximum Gasteiger partial charge on any atom is 0.424 e. The van der Waals surface area contributed by atoms with Crippen LogP contribution in [0.15, 0.2) is 62.5 Å². The van der Waals surface area contributed by atoms with Gasteiger partial charge in [0.1, 0.15) is 5.60 Å². The molecule has 4 rings (SSSR count). The Morgan fingerprint density at radius 1 is 0.977 bits per heavy atom. The number of carbonyl (C=O) groups is 5. The highest BCUT2D eigenvalue weighted by Crippen LogP contribution is 2.25. The van der Waals surface area contributed by atoms with E-state index in [4.69, 9.17) is 4.74 Å². The Balaban J connectivity index is 0.000000234. The van der Waals surface area contributed by atoms with Crippen LogP contribution >= 0.6 is 31.9 Å². The lowest BCUT2D eigenvalue weighted by atomic mass is 9.83. The third-order valence-electron chi connectivity index (χ3n) is 6.40. The van der Waals surface area contributed by atoms with Crippen LogP contribution in [0.2, 0.25) is 0 Å². The maximum absolute atomic E-state index is 11.8. The second-order valence-corrected chi connectivity index (χ2v) is 13.0. The van der Waals surface area contributed by atoms with Crippen LogP contribution in [0, 0.1) is 11.8 Å². The number of ether oxygens (including phenoxy) is 1. The van der Waals surface area contributed by atoms with Gasteiger partial charge in [-0.25, -0.2) is 4.79 Å². The number of amides is 5. The van der Waals surface area contributed by atoms with Crippen LogP contribution in [-0.2, 0) is 30.3 Å². The molecule has 2 aliphatic heterocycles. The fourth-order valence-electron chi connectivity index (χ4n) is 4.33. The molecule has 9 nitrogen and oxygen atoms in total. The number of nitrogens with one attached hydrogen (secondary N) is 1. The summed E-state index contributed by atoms with van der Waals surface area (Å²) in [5.74, 6) is -1.01. The summed E-state index contributed by atoms with van der Waals surface area (Å²) in [4.78, 5) is 61.7. The zero-order valence-corrected chi connectivity index (χ0v) is 28.4. The second kappa shape index (κ2) is 17.2. The Labute approximate surface area is 270 Å². The molecule has 0 aliphatic carbocycles. The summed E-state index contributed by atoms with van der Waals surface area (Å²) in [6, 6.07) is 16.0. The van der Waals surface area contributed by atoms with Crippen molar-refractivity contribution in [1.82, 2.24) is 10.2 Å². The molecule has 2 heterocycles. The largest absolute Gasteiger partial charge is 0.443 e. The van der Waals surface area contributed by atoms with E-state index in [-0.39, 0.29) is 36.5 Å². The minimum Gasteiger partial charge on any atom is -0.443 e. The van der Waals surface area contributed by atoms with Gasteiger partial charge >= 0.3 is 6.09 Å². The minimum absolute atomic E-state index is 0.0497. The molecule has 0 bridgehead atoms. The van der Waals surface area contributed by atoms with Gasteiger partial charge in [0.05, 0.1) is 5.69 Å². The number of carbonyl (C=O) groups excluding carboxylic acids is 5. The van der Waals surface area contributed by atoms with Crippen molar-refractivity contribution in [2.45, 2.75) is 78.7 Å². The van der Waals surface area contributed by atoms with Gasteiger partial charge in [-0.3, -0.25) is 29.5 Å². The van der Waals surface area contributed by atoms with Crippen molar-refractivity contribution >= 4 is 73.5 Å². The molecule has 1 N–H and O–H groups in total. The zero-order chi connectivity index (χ0) is 32.2. The van der Waals surface area contributed by atoms with Gasteiger partial charge in [-0.05, 0) is 94.8 Å². The molecule has 2 saturated heterocycles. The molecule has 2 fully saturated rings. The topological polar surface area (TPSA) is 122 Å². The van der Waals surface area contributed by atoms with Gasteiger partial charge in [0.2, 0.25) is 23.6 Å². The first-order chi connectivity index (χ1) is 20.2. The summed E-state index contributed by atoms with van der Waals surface area (Å²) in [7, 11) is 0. The maximum atomic E-state index is 11.8. The van der Waals surface area contributed by atoms with E-state index in [1.54, 1.807) is 27.0 Å². The van der Waals surface area contributed by atoms with Crippen LogP contribution in [-0.4, -0.2) is 46.4 Å². The lowest BCUT2D eigenvalue weighted by Gasteiger charge is -2.26. The number of nitrogens with zero attached hydrogens (tertiary/aromatic N) is 2. The molecule has 0 aromatic heterocycles. The third kappa shape index (κ3) is 12.9. The van der Waals surface area contributed by atoms with E-state index in [0.29, 0.717) is 24.2 Å². The van der Waals surface area contributed by atoms with Crippen LogP contribution in [0.25, 0.3) is 0 Å². The first-order valence-corrected chi connectivity index (χ1v) is 15.7. The number of hydrogen-bond acceptors (Lipinski definition) is 7. The summed E-state index contributed by atoms with van der Waals surface area (Å²) in [5.41, 5.74) is 1.51. The molecular formula is C32H39Br2N3O6. The molecule has 2 aliphatic rings. The molecule has 2 unspecified atom stereocenters. The normalized spacial score (nSPS) is 17.7. The minimum atomic E-state index is -0.864. The van der Waals surface area contributed by atoms with Gasteiger partial charge < -0.3 is 4.74 Å². The van der Waals surface area contributed by atoms with Crippen LogP contribution in [0.3, 0.4) is 0 Å². The molecular weight excluding hydrogens is 682 g/mol. The van der Waals surface area contributed by atoms with Crippen LogP contribution in [0.4, 0.5) is 10.5 Å². The summed E-state index contributed by atoms with van der Waals surface area (Å²) in [6.07, 6.45) is 3.87. The van der Waals surface area contributed by atoms with E-state index < -0.39 is 23.5 Å². The number of likely N-dealkylation sites (tertiary alicyclic amines) is 1. The number of benzene rings is 2. The Kier molecular flexibility index (Phi) is 14.4. The smallest absolute Gasteiger partial charge is 0.424 e. The van der Waals surface area contributed by atoms with Crippen LogP contribution < -0.4 is 5.32 Å². The molecule has 0 spiro atoms. The van der Waals surface area contributed by atoms with E-state index in [0.717, 1.165) is 21.1 Å². The summed E-state index contributed by atoms with van der Waals surface area (Å²) < 4.78 is 7.10. The Morgan fingerprint density at radius 2 is 1.51 bits per heavy atom. The van der Waals surface area contributed by atoms with Crippen LogP contribution in [0.5, 0.6) is 0 Å². The zero-order valence-electron chi connectivity index (χ0n) is 25.2. The van der Waals surface area contributed by atoms with Crippen molar-refractivity contribution in [1.29, 1.82) is 0 Å². The second-order valence-electron chi connectivity index (χ2n) is 11.2. The number of halogens is 2. The Hall–Kier alpha value is -3.18. The SMILES string of the molecule is CC(C)(C)OC(=O)N1C(=O)CCCC1=O.CC(Cc1ccc(Br)cc1)C1CCC(=O)NC1=O.CC=Nc1ccc(Br)cc1. The Morgan fingerprint density at radius 3 is 2.00 bits per heavy atom. The van der Waals surface area contributed by atoms with Gasteiger partial charge in [0.25, 0.3) is 0 Å². The van der Waals surface area contributed by atoms with Gasteiger partial charge in [0.15, 0.2) is 0 Å². The highest BCUT2D eigenvalue weighted by atomic mass is 79.9. The molecule has 11 heteroatoms. The summed E-state index contributed by atoms with van der Waals surface area (Å²) in [5, 5.41) is 2.42. The molecule has 2 aromatic rings. The lowest BCUT2D eigenvalue weighted by molar-refractivity contribution is -0.146. The van der Waals surface area contributed by atoms with Crippen LogP contribution in [0.1, 0.15) is 72.3 Å². The number of hydrogen-bond donors (Lipinski definition) is 1. The van der Waals surface area contributed by atoms with Crippen molar-refractivity contribution in [2.24, 2.45) is 16.8 Å². The highest BCUT2D eigenvalue weighted by Gasteiger charge is 2.35. The third-order valence-corrected chi connectivity index (χ3v) is 7.46. The average Bonchev–Trinajstić information content (AvgIpc) is 2.91. The molecule has 2 atom stereocenters. The molecule has 2 aromatic carbocycles. The number of rotatable bonds is 4. The number of aliphatic imine (C=N–C) groups is 1. The lowest BCUT2D eigenvalue weighted by Crippen LogP contribution is -2.46. The van der Waals surface area contributed by atoms with Gasteiger partial charge in [-0.1, -0.05) is 50.9 Å². The molecule has 43 heavy (non-hydrogen) atoms. The van der Waals surface area contributed by atoms with Crippen molar-refractivity contribution in [3.05, 3.63) is 63.0 Å². The van der Waals surface area contributed by atoms with Crippen molar-refractivity contribution in [3.8, 4) is 0 Å².